The first kappa shape index (κ1) is 6.55. The predicted octanol–water partition coefficient (Wildman–Crippen LogP) is 3.08. The Balaban J connectivity index is 1.69. The van der Waals surface area contributed by atoms with Gasteiger partial charge in [0.1, 0.15) is 0 Å². The van der Waals surface area contributed by atoms with Crippen molar-refractivity contribution in [3.63, 3.8) is 0 Å². The fourth-order valence-corrected chi connectivity index (χ4v) is 9.45. The number of hydrogen-bond donors (Lipinski definition) is 0. The van der Waals surface area contributed by atoms with Gasteiger partial charge in [0, 0.05) is 0 Å². The van der Waals surface area contributed by atoms with Crippen LogP contribution < -0.4 is 0 Å². The molecule has 0 aromatic rings. The highest BCUT2D eigenvalue weighted by atomic mass is 15.1. The van der Waals surface area contributed by atoms with Gasteiger partial charge in [0.05, 0.1) is 0 Å². The summed E-state index contributed by atoms with van der Waals surface area (Å²) in [6.07, 6.45) is 6.51. The highest BCUT2D eigenvalue weighted by Gasteiger charge is 3.08. The molecule has 0 saturated heterocycles. The van der Waals surface area contributed by atoms with Gasteiger partial charge in [-0.25, -0.2) is 0 Å². The van der Waals surface area contributed by atoms with Gasteiger partial charge in [0.25, 0.3) is 0 Å². The van der Waals surface area contributed by atoms with Gasteiger partial charge in [0.15, 0.2) is 0 Å². The molecule has 0 aromatic carbocycles. The first-order valence-electron chi connectivity index (χ1n) is 6.64. The van der Waals surface area contributed by atoms with Crippen LogP contribution in [0.5, 0.6) is 0 Å². The van der Waals surface area contributed by atoms with E-state index >= 15 is 0 Å². The Morgan fingerprint density at radius 2 is 1.43 bits per heavy atom. The number of fused-ring (bicyclic) bond motifs is 2. The highest BCUT2D eigenvalue weighted by molar-refractivity contribution is 5.55. The largest absolute Gasteiger partial charge is 0.0588 e. The molecule has 0 bridgehead atoms. The zero-order valence-corrected chi connectivity index (χ0v) is 9.14. The van der Waals surface area contributed by atoms with E-state index in [0.29, 0.717) is 0 Å². The number of rotatable bonds is 0. The lowest BCUT2D eigenvalue weighted by Crippen LogP contribution is -3.07. The van der Waals surface area contributed by atoms with E-state index in [9.17, 15) is 0 Å². The third-order valence-corrected chi connectivity index (χ3v) is 8.85. The van der Waals surface area contributed by atoms with Crippen LogP contribution in [0.4, 0.5) is 0 Å². The lowest BCUT2D eigenvalue weighted by atomic mass is 8.92. The molecule has 4 unspecified atom stereocenters. The Morgan fingerprint density at radius 1 is 0.857 bits per heavy atom. The minimum absolute atomic E-state index is 0.859. The minimum Gasteiger partial charge on any atom is -0.0588 e. The van der Waals surface area contributed by atoms with E-state index in [4.69, 9.17) is 0 Å². The average molecular weight is 186 g/mol. The molecule has 0 radical (unpaired) electrons. The third kappa shape index (κ3) is 0.221. The molecule has 74 valence electrons. The smallest absolute Gasteiger partial charge is 0.00904 e. The molecule has 6 rings (SSSR count). The Bertz CT molecular complexity index is 392. The maximum atomic E-state index is 2.65. The number of hydrogen-bond acceptors (Lipinski definition) is 0. The van der Waals surface area contributed by atoms with Crippen LogP contribution in [-0.2, 0) is 0 Å². The van der Waals surface area contributed by atoms with Crippen molar-refractivity contribution in [2.24, 2.45) is 45.3 Å². The van der Waals surface area contributed by atoms with Crippen LogP contribution >= 0.6 is 0 Å². The summed E-state index contributed by atoms with van der Waals surface area (Å²) in [6, 6.07) is 0. The van der Waals surface area contributed by atoms with Gasteiger partial charge in [-0.1, -0.05) is 13.8 Å². The van der Waals surface area contributed by atoms with E-state index in [1.807, 2.05) is 0 Å². The van der Waals surface area contributed by atoms with E-state index in [2.05, 4.69) is 13.8 Å². The van der Waals surface area contributed by atoms with E-state index in [1.54, 1.807) is 25.7 Å². The predicted molar refractivity (Wildman–Crippen MR) is 53.5 cm³/mol. The van der Waals surface area contributed by atoms with Crippen LogP contribution in [0.25, 0.3) is 0 Å². The van der Waals surface area contributed by atoms with Crippen LogP contribution in [0.15, 0.2) is 0 Å². The van der Waals surface area contributed by atoms with E-state index in [-0.39, 0.29) is 0 Å². The van der Waals surface area contributed by atoms with Gasteiger partial charge >= 0.3 is 0 Å². The maximum absolute atomic E-state index is 2.65. The van der Waals surface area contributed by atoms with E-state index < -0.39 is 0 Å². The molecule has 6 aliphatic rings. The summed E-state index contributed by atoms with van der Waals surface area (Å²) in [5, 5.41) is 0. The summed E-state index contributed by atoms with van der Waals surface area (Å²) >= 11 is 0. The van der Waals surface area contributed by atoms with Crippen molar-refractivity contribution in [3.8, 4) is 0 Å². The van der Waals surface area contributed by atoms with Gasteiger partial charge in [0.2, 0.25) is 0 Å². The second-order valence-electron chi connectivity index (χ2n) is 7.95. The molecule has 6 aliphatic carbocycles. The summed E-state index contributed by atoms with van der Waals surface area (Å²) in [5.41, 5.74) is 3.66. The average Bonchev–Trinajstić information content (AvgIpc) is 2.09. The van der Waals surface area contributed by atoms with Crippen molar-refractivity contribution in [3.05, 3.63) is 0 Å². The summed E-state index contributed by atoms with van der Waals surface area (Å²) in [5.74, 6) is 4.85. The van der Waals surface area contributed by atoms with E-state index in [0.717, 1.165) is 21.7 Å². The monoisotopic (exact) mass is 186 g/mol. The van der Waals surface area contributed by atoms with Crippen molar-refractivity contribution in [1.82, 2.24) is 0 Å². The molecule has 0 nitrogen and oxygen atoms in total. The fourth-order valence-electron chi connectivity index (χ4n) is 9.45. The Kier molecular flexibility index (Phi) is 0.548. The normalized spacial score (nSPS) is 93.0. The van der Waals surface area contributed by atoms with Crippen molar-refractivity contribution in [2.75, 3.05) is 0 Å². The zero-order chi connectivity index (χ0) is 9.14. The molecular weight excluding hydrogens is 168 g/mol. The van der Waals surface area contributed by atoms with Gasteiger partial charge in [-0.15, -0.1) is 0 Å². The molecule has 0 aromatic heterocycles. The summed E-state index contributed by atoms with van der Waals surface area (Å²) < 4.78 is 0. The highest BCUT2D eigenvalue weighted by Crippen LogP contribution is 3.13. The first-order valence-corrected chi connectivity index (χ1v) is 6.64. The molecule has 6 saturated carbocycles. The zero-order valence-electron chi connectivity index (χ0n) is 9.14. The fraction of sp³-hybridized carbons (Fsp3) is 1.00. The Hall–Kier alpha value is 0. The van der Waals surface area contributed by atoms with Crippen LogP contribution in [0, 0.1) is 45.3 Å². The summed E-state index contributed by atoms with van der Waals surface area (Å²) in [7, 11) is 0. The Morgan fingerprint density at radius 3 is 1.79 bits per heavy atom. The third-order valence-electron chi connectivity index (χ3n) is 8.85. The molecule has 0 heteroatoms. The lowest BCUT2D eigenvalue weighted by Gasteiger charge is -3.12. The second-order valence-corrected chi connectivity index (χ2v) is 7.95. The lowest BCUT2D eigenvalue weighted by molar-refractivity contribution is -0.651. The molecule has 2 spiro atoms. The quantitative estimate of drug-likeness (QED) is 0.545. The van der Waals surface area contributed by atoms with Gasteiger partial charge in [-0.3, -0.25) is 0 Å². The molecule has 6 fully saturated rings. The van der Waals surface area contributed by atoms with Crippen LogP contribution in [0.3, 0.4) is 0 Å². The topological polar surface area (TPSA) is 0 Å². The van der Waals surface area contributed by atoms with Gasteiger partial charge in [-0.2, -0.15) is 0 Å². The molecule has 0 heterocycles. The van der Waals surface area contributed by atoms with Crippen molar-refractivity contribution >= 4 is 0 Å². The van der Waals surface area contributed by atoms with Crippen molar-refractivity contribution < 1.29 is 0 Å². The second kappa shape index (κ2) is 1.17. The standard InChI is InChI=1S/C14H18/c1-11-5-8-6-12(2)10-4-7-3-9(11)13(7,10)14(8,11)12/h7-10H,3-6H2,1-2H3. The molecule has 14 heavy (non-hydrogen) atoms. The maximum Gasteiger partial charge on any atom is -0.00904 e. The van der Waals surface area contributed by atoms with Crippen LogP contribution in [0.2, 0.25) is 0 Å². The molecule has 0 aliphatic heterocycles. The van der Waals surface area contributed by atoms with Crippen LogP contribution in [0.1, 0.15) is 39.5 Å². The SMILES string of the molecule is CC12CC3CC4(C)C5CC6CC1C65C324. The molecule has 0 N–H and O–H groups in total. The summed E-state index contributed by atoms with van der Waals surface area (Å²) in [4.78, 5) is 0. The molecular formula is C14H18. The van der Waals surface area contributed by atoms with Crippen LogP contribution in [-0.4, -0.2) is 0 Å². The first-order chi connectivity index (χ1) is 6.64. The van der Waals surface area contributed by atoms with E-state index in [1.165, 1.54) is 23.7 Å². The molecule has 0 amide bonds. The minimum atomic E-state index is 0.859. The Labute approximate surface area is 85.4 Å². The summed E-state index contributed by atoms with van der Waals surface area (Å²) in [6.45, 7) is 5.31. The van der Waals surface area contributed by atoms with Crippen molar-refractivity contribution in [2.45, 2.75) is 39.5 Å². The van der Waals surface area contributed by atoms with Gasteiger partial charge < -0.3 is 0 Å². The van der Waals surface area contributed by atoms with Gasteiger partial charge in [-0.05, 0) is 71.0 Å². The van der Waals surface area contributed by atoms with Crippen molar-refractivity contribution in [1.29, 1.82) is 0 Å². The molecule has 4 atom stereocenters.